The fourth-order valence-electron chi connectivity index (χ4n) is 2.28. The maximum absolute atomic E-state index is 12.4. The minimum atomic E-state index is -0.975. The minimum absolute atomic E-state index is 0.0574. The summed E-state index contributed by atoms with van der Waals surface area (Å²) in [6, 6.07) is 13.3. The fourth-order valence-corrected chi connectivity index (χ4v) is 2.28. The van der Waals surface area contributed by atoms with E-state index < -0.39 is 5.97 Å². The highest BCUT2D eigenvalue weighted by Gasteiger charge is 2.10. The van der Waals surface area contributed by atoms with Crippen LogP contribution in [0.5, 0.6) is 5.75 Å². The number of carboxylic acid groups (broad SMARTS) is 1. The van der Waals surface area contributed by atoms with E-state index in [1.54, 1.807) is 48.5 Å². The van der Waals surface area contributed by atoms with Crippen molar-refractivity contribution in [2.24, 2.45) is 5.92 Å². The first-order valence-electron chi connectivity index (χ1n) is 8.99. The van der Waals surface area contributed by atoms with Crippen LogP contribution in [0.1, 0.15) is 41.0 Å². The third-order valence-corrected chi connectivity index (χ3v) is 3.71. The molecule has 7 nitrogen and oxygen atoms in total. The molecule has 0 saturated heterocycles. The highest BCUT2D eigenvalue weighted by Crippen LogP contribution is 2.17. The summed E-state index contributed by atoms with van der Waals surface area (Å²) in [5.74, 6) is -0.605. The van der Waals surface area contributed by atoms with Crippen molar-refractivity contribution in [3.05, 3.63) is 59.7 Å². The van der Waals surface area contributed by atoms with Gasteiger partial charge in [-0.05, 0) is 48.4 Å². The summed E-state index contributed by atoms with van der Waals surface area (Å²) in [6.07, 6.45) is -0.139. The fraction of sp³-hybridized carbons (Fsp3) is 0.286. The van der Waals surface area contributed by atoms with Gasteiger partial charge in [0.1, 0.15) is 5.75 Å². The Morgan fingerprint density at radius 3 is 2.36 bits per heavy atom. The molecule has 0 radical (unpaired) electrons. The van der Waals surface area contributed by atoms with Gasteiger partial charge in [0.15, 0.2) is 0 Å². The Kier molecular flexibility index (Phi) is 7.56. The normalized spacial score (nSPS) is 10.4. The molecule has 0 aliphatic heterocycles. The van der Waals surface area contributed by atoms with E-state index in [1.165, 1.54) is 0 Å². The molecule has 0 saturated carbocycles. The van der Waals surface area contributed by atoms with Gasteiger partial charge in [-0.25, -0.2) is 0 Å². The number of carboxylic acids is 1. The molecule has 2 rings (SSSR count). The van der Waals surface area contributed by atoms with E-state index in [0.29, 0.717) is 35.1 Å². The second-order valence-electron chi connectivity index (χ2n) is 6.66. The van der Waals surface area contributed by atoms with E-state index in [2.05, 4.69) is 10.6 Å². The summed E-state index contributed by atoms with van der Waals surface area (Å²) < 4.78 is 5.64. The number of carbonyl (C=O) groups excluding carboxylic acids is 2. The van der Waals surface area contributed by atoms with E-state index in [1.807, 2.05) is 13.8 Å². The van der Waals surface area contributed by atoms with Gasteiger partial charge in [0, 0.05) is 23.4 Å². The highest BCUT2D eigenvalue weighted by molar-refractivity contribution is 6.04. The Morgan fingerprint density at radius 1 is 1.00 bits per heavy atom. The number of hydrogen-bond donors (Lipinski definition) is 3. The SMILES string of the molecule is CC(C)COc1cccc(C(=O)Nc2ccc(C(=O)NCCC(=O)O)cc2)c1. The lowest BCUT2D eigenvalue weighted by molar-refractivity contribution is -0.136. The van der Waals surface area contributed by atoms with E-state index in [-0.39, 0.29) is 24.8 Å². The van der Waals surface area contributed by atoms with Crippen LogP contribution < -0.4 is 15.4 Å². The molecule has 0 aromatic heterocycles. The molecule has 0 bridgehead atoms. The van der Waals surface area contributed by atoms with Crippen LogP contribution in [0.3, 0.4) is 0 Å². The molecule has 28 heavy (non-hydrogen) atoms. The number of ether oxygens (including phenoxy) is 1. The largest absolute Gasteiger partial charge is 0.493 e. The number of amides is 2. The second kappa shape index (κ2) is 10.1. The Labute approximate surface area is 163 Å². The van der Waals surface area contributed by atoms with Crippen LogP contribution in [0.15, 0.2) is 48.5 Å². The van der Waals surface area contributed by atoms with Crippen molar-refractivity contribution >= 4 is 23.5 Å². The smallest absolute Gasteiger partial charge is 0.305 e. The van der Waals surface area contributed by atoms with Crippen LogP contribution in [-0.2, 0) is 4.79 Å². The number of benzene rings is 2. The summed E-state index contributed by atoms with van der Waals surface area (Å²) in [5, 5.41) is 13.9. The van der Waals surface area contributed by atoms with Crippen molar-refractivity contribution < 1.29 is 24.2 Å². The molecule has 148 valence electrons. The number of carbonyl (C=O) groups is 3. The topological polar surface area (TPSA) is 105 Å². The molecular weight excluding hydrogens is 360 g/mol. The van der Waals surface area contributed by atoms with Gasteiger partial charge in [0.05, 0.1) is 13.0 Å². The molecule has 2 amide bonds. The van der Waals surface area contributed by atoms with Gasteiger partial charge in [0.25, 0.3) is 11.8 Å². The van der Waals surface area contributed by atoms with Crippen molar-refractivity contribution in [2.45, 2.75) is 20.3 Å². The summed E-state index contributed by atoms with van der Waals surface area (Å²) in [5.41, 5.74) is 1.39. The molecular formula is C21H24N2O5. The Balaban J connectivity index is 1.94. The minimum Gasteiger partial charge on any atom is -0.493 e. The van der Waals surface area contributed by atoms with E-state index in [9.17, 15) is 14.4 Å². The first kappa shape index (κ1) is 21.0. The Hall–Kier alpha value is -3.35. The van der Waals surface area contributed by atoms with Crippen LogP contribution in [0.4, 0.5) is 5.69 Å². The number of rotatable bonds is 9. The van der Waals surface area contributed by atoms with Crippen molar-refractivity contribution in [1.82, 2.24) is 5.32 Å². The third kappa shape index (κ3) is 6.75. The van der Waals surface area contributed by atoms with Crippen LogP contribution in [0, 0.1) is 5.92 Å². The van der Waals surface area contributed by atoms with E-state index in [0.717, 1.165) is 0 Å². The van der Waals surface area contributed by atoms with Crippen LogP contribution >= 0.6 is 0 Å². The number of anilines is 1. The van der Waals surface area contributed by atoms with E-state index >= 15 is 0 Å². The first-order chi connectivity index (χ1) is 13.3. The number of hydrogen-bond acceptors (Lipinski definition) is 4. The maximum Gasteiger partial charge on any atom is 0.305 e. The Morgan fingerprint density at radius 2 is 1.71 bits per heavy atom. The number of nitrogens with one attached hydrogen (secondary N) is 2. The summed E-state index contributed by atoms with van der Waals surface area (Å²) in [4.78, 5) is 34.8. The van der Waals surface area contributed by atoms with Gasteiger partial charge in [-0.2, -0.15) is 0 Å². The standard InChI is InChI=1S/C21H24N2O5/c1-14(2)13-28-18-5-3-4-16(12-18)21(27)23-17-8-6-15(7-9-17)20(26)22-11-10-19(24)25/h3-9,12,14H,10-11,13H2,1-2H3,(H,22,26)(H,23,27)(H,24,25). The first-order valence-corrected chi connectivity index (χ1v) is 8.99. The molecule has 0 fully saturated rings. The maximum atomic E-state index is 12.4. The third-order valence-electron chi connectivity index (χ3n) is 3.71. The van der Waals surface area contributed by atoms with Crippen molar-refractivity contribution in [3.8, 4) is 5.75 Å². The molecule has 0 atom stereocenters. The van der Waals surface area contributed by atoms with Gasteiger partial charge in [-0.1, -0.05) is 19.9 Å². The zero-order valence-corrected chi connectivity index (χ0v) is 15.9. The zero-order chi connectivity index (χ0) is 20.5. The summed E-state index contributed by atoms with van der Waals surface area (Å²) in [6.45, 7) is 4.72. The molecule has 0 heterocycles. The van der Waals surface area contributed by atoms with Crippen LogP contribution in [0.25, 0.3) is 0 Å². The molecule has 2 aromatic carbocycles. The Bertz CT molecular complexity index is 831. The number of aliphatic carboxylic acids is 1. The lowest BCUT2D eigenvalue weighted by atomic mass is 10.1. The molecule has 7 heteroatoms. The van der Waals surface area contributed by atoms with Crippen LogP contribution in [0.2, 0.25) is 0 Å². The van der Waals surface area contributed by atoms with E-state index in [4.69, 9.17) is 9.84 Å². The summed E-state index contributed by atoms with van der Waals surface area (Å²) >= 11 is 0. The monoisotopic (exact) mass is 384 g/mol. The van der Waals surface area contributed by atoms with Gasteiger partial charge in [0.2, 0.25) is 0 Å². The predicted molar refractivity (Wildman–Crippen MR) is 106 cm³/mol. The van der Waals surface area contributed by atoms with Crippen LogP contribution in [-0.4, -0.2) is 36.0 Å². The molecule has 2 aromatic rings. The predicted octanol–water partition coefficient (Wildman–Crippen LogP) is 3.18. The van der Waals surface area contributed by atoms with Gasteiger partial charge < -0.3 is 20.5 Å². The molecule has 0 aliphatic carbocycles. The molecule has 0 spiro atoms. The molecule has 0 aliphatic rings. The molecule has 0 unspecified atom stereocenters. The average molecular weight is 384 g/mol. The highest BCUT2D eigenvalue weighted by atomic mass is 16.5. The van der Waals surface area contributed by atoms with Gasteiger partial charge >= 0.3 is 5.97 Å². The van der Waals surface area contributed by atoms with Crippen molar-refractivity contribution in [3.63, 3.8) is 0 Å². The van der Waals surface area contributed by atoms with Gasteiger partial charge in [-0.15, -0.1) is 0 Å². The van der Waals surface area contributed by atoms with Crippen molar-refractivity contribution in [1.29, 1.82) is 0 Å². The lowest BCUT2D eigenvalue weighted by Crippen LogP contribution is -2.25. The van der Waals surface area contributed by atoms with Crippen molar-refractivity contribution in [2.75, 3.05) is 18.5 Å². The second-order valence-corrected chi connectivity index (χ2v) is 6.66. The molecule has 3 N–H and O–H groups in total. The zero-order valence-electron chi connectivity index (χ0n) is 15.9. The average Bonchev–Trinajstić information content (AvgIpc) is 2.66. The summed E-state index contributed by atoms with van der Waals surface area (Å²) in [7, 11) is 0. The lowest BCUT2D eigenvalue weighted by Gasteiger charge is -2.10. The quantitative estimate of drug-likeness (QED) is 0.616. The van der Waals surface area contributed by atoms with Gasteiger partial charge in [-0.3, -0.25) is 14.4 Å².